The number of ether oxygens (including phenoxy) is 1. The van der Waals surface area contributed by atoms with Crippen molar-refractivity contribution in [1.82, 2.24) is 9.88 Å². The Hall–Kier alpha value is -2.18. The third-order valence-corrected chi connectivity index (χ3v) is 7.14. The molecule has 0 unspecified atom stereocenters. The Morgan fingerprint density at radius 3 is 2.48 bits per heavy atom. The number of aromatic nitrogens is 1. The molecule has 31 heavy (non-hydrogen) atoms. The van der Waals surface area contributed by atoms with E-state index in [2.05, 4.69) is 43.9 Å². The van der Waals surface area contributed by atoms with Crippen LogP contribution in [0.4, 0.5) is 11.5 Å². The number of nitrogens with zero attached hydrogens (tertiary/aromatic N) is 4. The molecule has 1 aliphatic heterocycles. The van der Waals surface area contributed by atoms with Gasteiger partial charge in [-0.1, -0.05) is 49.7 Å². The van der Waals surface area contributed by atoms with Crippen molar-refractivity contribution >= 4 is 28.7 Å². The average Bonchev–Trinajstić information content (AvgIpc) is 2.85. The number of anilines is 2. The van der Waals surface area contributed by atoms with Gasteiger partial charge in [0.05, 0.1) is 17.8 Å². The largest absolute Gasteiger partial charge is 0.495 e. The van der Waals surface area contributed by atoms with E-state index in [-0.39, 0.29) is 0 Å². The average molecular weight is 439 g/mol. The molecule has 4 rings (SSSR count). The quantitative estimate of drug-likeness (QED) is 0.586. The van der Waals surface area contributed by atoms with Crippen molar-refractivity contribution in [3.63, 3.8) is 0 Å². The predicted octanol–water partition coefficient (Wildman–Crippen LogP) is 4.63. The summed E-state index contributed by atoms with van der Waals surface area (Å²) in [5.41, 5.74) is 1.19. The Morgan fingerprint density at radius 2 is 1.77 bits per heavy atom. The second-order valence-corrected chi connectivity index (χ2v) is 8.93. The maximum Gasteiger partial charge on any atom is 0.142 e. The molecule has 5 nitrogen and oxygen atoms in total. The standard InChI is InChI=1S/C25H34N4OS/c1-30-23-12-6-5-11-22(23)28-18-15-27(16-19-28)17-20-29(24-13-7-8-14-26-24)25(31)21-9-3-2-4-10-21/h5-8,11-14,21H,2-4,9-10,15-20H2,1H3. The van der Waals surface area contributed by atoms with Gasteiger partial charge in [0.1, 0.15) is 11.6 Å². The second kappa shape index (κ2) is 10.9. The van der Waals surface area contributed by atoms with Crippen molar-refractivity contribution in [3.8, 4) is 5.75 Å². The fraction of sp³-hybridized carbons (Fsp3) is 0.520. The number of para-hydroxylation sites is 2. The van der Waals surface area contributed by atoms with E-state index >= 15 is 0 Å². The lowest BCUT2D eigenvalue weighted by Crippen LogP contribution is -2.49. The SMILES string of the molecule is COc1ccccc1N1CCN(CCN(C(=S)C2CCCCC2)c2ccccn2)CC1. The van der Waals surface area contributed by atoms with Crippen molar-refractivity contribution in [3.05, 3.63) is 48.7 Å². The van der Waals surface area contributed by atoms with Gasteiger partial charge in [0.2, 0.25) is 0 Å². The van der Waals surface area contributed by atoms with Crippen LogP contribution in [0.1, 0.15) is 32.1 Å². The van der Waals surface area contributed by atoms with E-state index in [0.29, 0.717) is 5.92 Å². The van der Waals surface area contributed by atoms with Crippen LogP contribution >= 0.6 is 12.2 Å². The minimum absolute atomic E-state index is 0.521. The minimum Gasteiger partial charge on any atom is -0.495 e. The van der Waals surface area contributed by atoms with E-state index < -0.39 is 0 Å². The second-order valence-electron chi connectivity index (χ2n) is 8.51. The van der Waals surface area contributed by atoms with E-state index in [9.17, 15) is 0 Å². The normalized spacial score (nSPS) is 18.0. The zero-order valence-corrected chi connectivity index (χ0v) is 19.4. The summed E-state index contributed by atoms with van der Waals surface area (Å²) >= 11 is 6.00. The number of thiocarbonyl (C=S) groups is 1. The molecule has 0 bridgehead atoms. The smallest absolute Gasteiger partial charge is 0.142 e. The maximum absolute atomic E-state index is 6.00. The van der Waals surface area contributed by atoms with Crippen molar-refractivity contribution in [2.45, 2.75) is 32.1 Å². The van der Waals surface area contributed by atoms with Gasteiger partial charge in [0, 0.05) is 51.4 Å². The fourth-order valence-corrected chi connectivity index (χ4v) is 5.19. The summed E-state index contributed by atoms with van der Waals surface area (Å²) in [6.45, 7) is 6.02. The van der Waals surface area contributed by atoms with Crippen LogP contribution in [0.25, 0.3) is 0 Å². The monoisotopic (exact) mass is 438 g/mol. The molecule has 2 heterocycles. The van der Waals surface area contributed by atoms with Gasteiger partial charge in [-0.15, -0.1) is 0 Å². The lowest BCUT2D eigenvalue weighted by Gasteiger charge is -2.38. The number of benzene rings is 1. The third kappa shape index (κ3) is 5.55. The van der Waals surface area contributed by atoms with Gasteiger partial charge in [0.25, 0.3) is 0 Å². The molecule has 1 aromatic carbocycles. The molecule has 0 spiro atoms. The first-order valence-corrected chi connectivity index (χ1v) is 12.0. The van der Waals surface area contributed by atoms with Gasteiger partial charge in [-0.3, -0.25) is 4.90 Å². The highest BCUT2D eigenvalue weighted by Gasteiger charge is 2.25. The van der Waals surface area contributed by atoms with Crippen molar-refractivity contribution in [1.29, 1.82) is 0 Å². The Labute approximate surface area is 192 Å². The maximum atomic E-state index is 6.00. The summed E-state index contributed by atoms with van der Waals surface area (Å²) in [6.07, 6.45) is 8.26. The molecule has 166 valence electrons. The summed E-state index contributed by atoms with van der Waals surface area (Å²) < 4.78 is 5.55. The highest BCUT2D eigenvalue weighted by Crippen LogP contribution is 2.29. The number of methoxy groups -OCH3 is 1. The van der Waals surface area contributed by atoms with Crippen LogP contribution in [0.3, 0.4) is 0 Å². The molecular formula is C25H34N4OS. The van der Waals surface area contributed by atoms with E-state index in [4.69, 9.17) is 17.0 Å². The number of piperazine rings is 1. The Balaban J connectivity index is 1.36. The van der Waals surface area contributed by atoms with Crippen LogP contribution in [0.15, 0.2) is 48.7 Å². The molecule has 2 fully saturated rings. The van der Waals surface area contributed by atoms with E-state index in [1.807, 2.05) is 24.4 Å². The van der Waals surface area contributed by atoms with Crippen molar-refractivity contribution in [2.24, 2.45) is 5.92 Å². The number of hydrogen-bond donors (Lipinski definition) is 0. The lowest BCUT2D eigenvalue weighted by atomic mass is 9.88. The Bertz CT molecular complexity index is 832. The third-order valence-electron chi connectivity index (χ3n) is 6.58. The molecule has 0 amide bonds. The van der Waals surface area contributed by atoms with Gasteiger partial charge in [-0.05, 0) is 37.1 Å². The van der Waals surface area contributed by atoms with Crippen LogP contribution in [-0.4, -0.2) is 61.3 Å². The number of hydrogen-bond acceptors (Lipinski definition) is 5. The van der Waals surface area contributed by atoms with E-state index in [1.54, 1.807) is 7.11 Å². The Morgan fingerprint density at radius 1 is 1.03 bits per heavy atom. The molecule has 0 atom stereocenters. The van der Waals surface area contributed by atoms with Crippen LogP contribution in [0.5, 0.6) is 5.75 Å². The zero-order chi connectivity index (χ0) is 21.5. The van der Waals surface area contributed by atoms with Crippen molar-refractivity contribution < 1.29 is 4.74 Å². The highest BCUT2D eigenvalue weighted by molar-refractivity contribution is 7.80. The summed E-state index contributed by atoms with van der Waals surface area (Å²) in [6, 6.07) is 14.4. The fourth-order valence-electron chi connectivity index (χ4n) is 4.77. The van der Waals surface area contributed by atoms with E-state index in [1.165, 1.54) is 37.8 Å². The lowest BCUT2D eigenvalue weighted by molar-refractivity contribution is 0.263. The van der Waals surface area contributed by atoms with Gasteiger partial charge in [-0.25, -0.2) is 4.98 Å². The highest BCUT2D eigenvalue weighted by atomic mass is 32.1. The zero-order valence-electron chi connectivity index (χ0n) is 18.6. The number of pyridine rings is 1. The molecule has 6 heteroatoms. The molecule has 2 aromatic rings. The molecule has 1 saturated carbocycles. The van der Waals surface area contributed by atoms with Gasteiger partial charge >= 0.3 is 0 Å². The topological polar surface area (TPSA) is 31.8 Å². The van der Waals surface area contributed by atoms with Gasteiger partial charge in [-0.2, -0.15) is 0 Å². The van der Waals surface area contributed by atoms with Crippen LogP contribution in [-0.2, 0) is 0 Å². The van der Waals surface area contributed by atoms with Crippen LogP contribution in [0.2, 0.25) is 0 Å². The first-order valence-electron chi connectivity index (χ1n) is 11.6. The number of rotatable bonds is 7. The predicted molar refractivity (Wildman–Crippen MR) is 132 cm³/mol. The molecule has 2 aliphatic rings. The summed E-state index contributed by atoms with van der Waals surface area (Å²) in [4.78, 5) is 13.0. The van der Waals surface area contributed by atoms with Gasteiger partial charge in [0.15, 0.2) is 0 Å². The Kier molecular flexibility index (Phi) is 7.76. The summed E-state index contributed by atoms with van der Waals surface area (Å²) in [5.74, 6) is 2.47. The summed E-state index contributed by atoms with van der Waals surface area (Å²) in [7, 11) is 1.75. The molecule has 1 aromatic heterocycles. The minimum atomic E-state index is 0.521. The molecular weight excluding hydrogens is 404 g/mol. The van der Waals surface area contributed by atoms with Crippen LogP contribution < -0.4 is 14.5 Å². The van der Waals surface area contributed by atoms with E-state index in [0.717, 1.165) is 55.8 Å². The van der Waals surface area contributed by atoms with Gasteiger partial charge < -0.3 is 14.5 Å². The van der Waals surface area contributed by atoms with Crippen molar-refractivity contribution in [2.75, 3.05) is 56.2 Å². The first kappa shape index (κ1) is 22.0. The molecule has 1 saturated heterocycles. The van der Waals surface area contributed by atoms with Crippen LogP contribution in [0, 0.1) is 5.92 Å². The molecule has 1 aliphatic carbocycles. The summed E-state index contributed by atoms with van der Waals surface area (Å²) in [5, 5.41) is 0. The molecule has 0 N–H and O–H groups in total. The molecule has 0 radical (unpaired) electrons. The first-order chi connectivity index (χ1) is 15.3.